The molecule has 1 aromatic rings. The summed E-state index contributed by atoms with van der Waals surface area (Å²) >= 11 is 0. The number of carbonyl (C=O) groups excluding carboxylic acids is 1. The van der Waals surface area contributed by atoms with Crippen molar-refractivity contribution in [1.29, 1.82) is 0 Å². The van der Waals surface area contributed by atoms with Crippen molar-refractivity contribution in [3.05, 3.63) is 35.9 Å². The fourth-order valence-corrected chi connectivity index (χ4v) is 1.85. The number of benzene rings is 1. The Balaban J connectivity index is 1.75. The Labute approximate surface area is 106 Å². The van der Waals surface area contributed by atoms with Crippen molar-refractivity contribution in [2.24, 2.45) is 5.92 Å². The van der Waals surface area contributed by atoms with E-state index in [-0.39, 0.29) is 25.2 Å². The van der Waals surface area contributed by atoms with Crippen LogP contribution in [0.2, 0.25) is 0 Å². The van der Waals surface area contributed by atoms with Gasteiger partial charge in [-0.3, -0.25) is 0 Å². The SMILES string of the molecule is O=C(N[C@H]1COC[C@H]1CO)OCc1ccccc1. The molecule has 98 valence electrons. The molecule has 18 heavy (non-hydrogen) atoms. The van der Waals surface area contributed by atoms with Gasteiger partial charge in [0.25, 0.3) is 0 Å². The van der Waals surface area contributed by atoms with Gasteiger partial charge in [-0.2, -0.15) is 0 Å². The largest absolute Gasteiger partial charge is 0.445 e. The molecule has 1 aliphatic rings. The summed E-state index contributed by atoms with van der Waals surface area (Å²) in [7, 11) is 0. The zero-order valence-electron chi connectivity index (χ0n) is 10.0. The average Bonchev–Trinajstić information content (AvgIpc) is 2.85. The lowest BCUT2D eigenvalue weighted by molar-refractivity contribution is 0.130. The molecule has 2 N–H and O–H groups in total. The van der Waals surface area contributed by atoms with Crippen LogP contribution in [0.15, 0.2) is 30.3 Å². The van der Waals surface area contributed by atoms with E-state index < -0.39 is 6.09 Å². The summed E-state index contributed by atoms with van der Waals surface area (Å²) < 4.78 is 10.3. The van der Waals surface area contributed by atoms with E-state index in [1.165, 1.54) is 0 Å². The number of amides is 1. The number of aliphatic hydroxyl groups is 1. The summed E-state index contributed by atoms with van der Waals surface area (Å²) in [6.45, 7) is 1.14. The summed E-state index contributed by atoms with van der Waals surface area (Å²) in [5.74, 6) is -0.0470. The highest BCUT2D eigenvalue weighted by Gasteiger charge is 2.29. The number of nitrogens with one attached hydrogen (secondary N) is 1. The van der Waals surface area contributed by atoms with Crippen LogP contribution in [0, 0.1) is 5.92 Å². The molecule has 5 nitrogen and oxygen atoms in total. The molecule has 1 fully saturated rings. The van der Waals surface area contributed by atoms with Gasteiger partial charge in [-0.1, -0.05) is 30.3 Å². The fraction of sp³-hybridized carbons (Fsp3) is 0.462. The summed E-state index contributed by atoms with van der Waals surface area (Å²) in [6, 6.07) is 9.31. The van der Waals surface area contributed by atoms with E-state index >= 15 is 0 Å². The van der Waals surface area contributed by atoms with Crippen LogP contribution in [0.4, 0.5) is 4.79 Å². The van der Waals surface area contributed by atoms with E-state index in [9.17, 15) is 4.79 Å². The van der Waals surface area contributed by atoms with Crippen molar-refractivity contribution in [3.63, 3.8) is 0 Å². The Kier molecular flexibility index (Phi) is 4.55. The van der Waals surface area contributed by atoms with Gasteiger partial charge in [-0.25, -0.2) is 4.79 Å². The Morgan fingerprint density at radius 2 is 2.17 bits per heavy atom. The molecule has 5 heteroatoms. The normalized spacial score (nSPS) is 22.7. The van der Waals surface area contributed by atoms with Crippen LogP contribution in [0.5, 0.6) is 0 Å². The number of ether oxygens (including phenoxy) is 2. The van der Waals surface area contributed by atoms with Gasteiger partial charge < -0.3 is 19.9 Å². The Hall–Kier alpha value is -1.59. The molecule has 2 atom stereocenters. The third-order valence-electron chi connectivity index (χ3n) is 2.95. The number of hydrogen-bond acceptors (Lipinski definition) is 4. The minimum Gasteiger partial charge on any atom is -0.445 e. The number of carbonyl (C=O) groups is 1. The summed E-state index contributed by atoms with van der Waals surface area (Å²) in [6.07, 6.45) is -0.479. The lowest BCUT2D eigenvalue weighted by Gasteiger charge is -2.16. The maximum Gasteiger partial charge on any atom is 0.407 e. The number of rotatable bonds is 4. The van der Waals surface area contributed by atoms with E-state index in [0.717, 1.165) is 5.56 Å². The molecule has 0 unspecified atom stereocenters. The van der Waals surface area contributed by atoms with Crippen molar-refractivity contribution in [1.82, 2.24) is 5.32 Å². The molecule has 0 radical (unpaired) electrons. The van der Waals surface area contributed by atoms with Crippen molar-refractivity contribution in [2.45, 2.75) is 12.6 Å². The van der Waals surface area contributed by atoms with Gasteiger partial charge in [0.05, 0.1) is 25.9 Å². The van der Waals surface area contributed by atoms with Crippen LogP contribution in [0.3, 0.4) is 0 Å². The number of alkyl carbamates (subject to hydrolysis) is 1. The van der Waals surface area contributed by atoms with Crippen molar-refractivity contribution in [2.75, 3.05) is 19.8 Å². The molecule has 1 heterocycles. The van der Waals surface area contributed by atoms with Gasteiger partial charge in [0.1, 0.15) is 6.61 Å². The molecular formula is C13H17NO4. The molecule has 1 saturated heterocycles. The zero-order valence-corrected chi connectivity index (χ0v) is 10.0. The Morgan fingerprint density at radius 1 is 1.39 bits per heavy atom. The second kappa shape index (κ2) is 6.37. The predicted octanol–water partition coefficient (Wildman–Crippen LogP) is 0.920. The zero-order chi connectivity index (χ0) is 12.8. The van der Waals surface area contributed by atoms with Gasteiger partial charge in [-0.15, -0.1) is 0 Å². The highest BCUT2D eigenvalue weighted by atomic mass is 16.5. The molecule has 1 amide bonds. The lowest BCUT2D eigenvalue weighted by Crippen LogP contribution is -2.41. The molecule has 2 rings (SSSR count). The van der Waals surface area contributed by atoms with Gasteiger partial charge in [0.2, 0.25) is 0 Å². The first-order valence-electron chi connectivity index (χ1n) is 5.95. The highest BCUT2D eigenvalue weighted by Crippen LogP contribution is 2.13. The number of aliphatic hydroxyl groups excluding tert-OH is 1. The molecule has 1 aliphatic heterocycles. The van der Waals surface area contributed by atoms with Crippen molar-refractivity contribution < 1.29 is 19.4 Å². The third kappa shape index (κ3) is 3.45. The molecule has 0 bridgehead atoms. The molecule has 1 aromatic carbocycles. The standard InChI is InChI=1S/C13H17NO4/c15-6-11-8-17-9-12(11)14-13(16)18-7-10-4-2-1-3-5-10/h1-5,11-12,15H,6-9H2,(H,14,16)/t11-,12+/m1/s1. The molecule has 0 aromatic heterocycles. The smallest absolute Gasteiger partial charge is 0.407 e. The summed E-state index contributed by atoms with van der Waals surface area (Å²) in [4.78, 5) is 11.6. The van der Waals surface area contributed by atoms with Crippen LogP contribution in [0.1, 0.15) is 5.56 Å². The van der Waals surface area contributed by atoms with Gasteiger partial charge in [0, 0.05) is 5.92 Å². The van der Waals surface area contributed by atoms with Crippen LogP contribution in [-0.2, 0) is 16.1 Å². The minimum absolute atomic E-state index is 0.00360. The Morgan fingerprint density at radius 3 is 2.89 bits per heavy atom. The van der Waals surface area contributed by atoms with Crippen molar-refractivity contribution >= 4 is 6.09 Å². The van der Waals surface area contributed by atoms with Crippen LogP contribution < -0.4 is 5.32 Å². The molecule has 0 aliphatic carbocycles. The second-order valence-electron chi connectivity index (χ2n) is 4.29. The van der Waals surface area contributed by atoms with Crippen LogP contribution >= 0.6 is 0 Å². The van der Waals surface area contributed by atoms with Gasteiger partial charge in [0.15, 0.2) is 0 Å². The molecule has 0 spiro atoms. The van der Waals surface area contributed by atoms with Crippen LogP contribution in [-0.4, -0.2) is 37.1 Å². The maximum atomic E-state index is 11.6. The molecule has 0 saturated carbocycles. The number of hydrogen-bond donors (Lipinski definition) is 2. The van der Waals surface area contributed by atoms with E-state index in [4.69, 9.17) is 14.6 Å². The van der Waals surface area contributed by atoms with Crippen LogP contribution in [0.25, 0.3) is 0 Å². The third-order valence-corrected chi connectivity index (χ3v) is 2.95. The van der Waals surface area contributed by atoms with E-state index in [1.54, 1.807) is 0 Å². The first kappa shape index (κ1) is 12.9. The molecular weight excluding hydrogens is 234 g/mol. The summed E-state index contributed by atoms with van der Waals surface area (Å²) in [5.41, 5.74) is 0.939. The fourth-order valence-electron chi connectivity index (χ4n) is 1.85. The van der Waals surface area contributed by atoms with E-state index in [1.807, 2.05) is 30.3 Å². The quantitative estimate of drug-likeness (QED) is 0.835. The average molecular weight is 251 g/mol. The lowest BCUT2D eigenvalue weighted by atomic mass is 10.1. The van der Waals surface area contributed by atoms with Gasteiger partial charge in [-0.05, 0) is 5.56 Å². The highest BCUT2D eigenvalue weighted by molar-refractivity contribution is 5.67. The second-order valence-corrected chi connectivity index (χ2v) is 4.29. The van der Waals surface area contributed by atoms with Crippen molar-refractivity contribution in [3.8, 4) is 0 Å². The van der Waals surface area contributed by atoms with E-state index in [0.29, 0.717) is 13.2 Å². The monoisotopic (exact) mass is 251 g/mol. The maximum absolute atomic E-state index is 11.6. The summed E-state index contributed by atoms with van der Waals surface area (Å²) in [5, 5.41) is 11.8. The Bertz CT molecular complexity index is 382. The van der Waals surface area contributed by atoms with Gasteiger partial charge >= 0.3 is 6.09 Å². The predicted molar refractivity (Wildman–Crippen MR) is 64.9 cm³/mol. The first-order valence-corrected chi connectivity index (χ1v) is 5.95. The van der Waals surface area contributed by atoms with E-state index in [2.05, 4.69) is 5.32 Å². The first-order chi connectivity index (χ1) is 8.79. The topological polar surface area (TPSA) is 67.8 Å². The minimum atomic E-state index is -0.479.